The van der Waals surface area contributed by atoms with Crippen molar-refractivity contribution >= 4 is 34.8 Å². The van der Waals surface area contributed by atoms with Crippen LogP contribution in [0.3, 0.4) is 0 Å². The number of nitrogens with zero attached hydrogens (tertiary/aromatic N) is 5. The number of aromatic nitrogens is 4. The van der Waals surface area contributed by atoms with Crippen molar-refractivity contribution in [3.63, 3.8) is 0 Å². The Morgan fingerprint density at radius 1 is 1.40 bits per heavy atom. The summed E-state index contributed by atoms with van der Waals surface area (Å²) in [5, 5.41) is 22.5. The van der Waals surface area contributed by atoms with Crippen LogP contribution in [-0.4, -0.2) is 71.1 Å². The van der Waals surface area contributed by atoms with Gasteiger partial charge in [-0.1, -0.05) is 16.5 Å². The summed E-state index contributed by atoms with van der Waals surface area (Å²) in [6.07, 6.45) is 0.654. The summed E-state index contributed by atoms with van der Waals surface area (Å²) in [6, 6.07) is 0. The summed E-state index contributed by atoms with van der Waals surface area (Å²) in [5.74, 6) is -0.0439. The Bertz CT molecular complexity index is 842. The molecule has 3 rings (SSSR count). The van der Waals surface area contributed by atoms with E-state index in [1.807, 2.05) is 0 Å². The third-order valence-electron chi connectivity index (χ3n) is 3.90. The molecule has 1 fully saturated rings. The minimum atomic E-state index is -0.469. The van der Waals surface area contributed by atoms with Crippen molar-refractivity contribution in [2.75, 3.05) is 32.3 Å². The SMILES string of the molecule is COCCc1noc(CNC(=O)C2CC(=O)N(c3nnc(COC)s3)C2)n1.O=CO. The van der Waals surface area contributed by atoms with Gasteiger partial charge in [0.25, 0.3) is 6.47 Å². The van der Waals surface area contributed by atoms with Gasteiger partial charge in [0.15, 0.2) is 5.82 Å². The van der Waals surface area contributed by atoms with Crippen LogP contribution in [0.15, 0.2) is 4.52 Å². The number of carbonyl (C=O) groups excluding carboxylic acids is 2. The number of hydrogen-bond acceptors (Lipinski definition) is 11. The zero-order valence-electron chi connectivity index (χ0n) is 16.4. The molecule has 14 heteroatoms. The maximum Gasteiger partial charge on any atom is 0.290 e. The molecular formula is C16H22N6O7S. The first-order valence-electron chi connectivity index (χ1n) is 8.80. The van der Waals surface area contributed by atoms with Crippen LogP contribution in [0.2, 0.25) is 0 Å². The number of anilines is 1. The Morgan fingerprint density at radius 2 is 2.17 bits per heavy atom. The van der Waals surface area contributed by atoms with E-state index in [9.17, 15) is 9.59 Å². The van der Waals surface area contributed by atoms with Crippen LogP contribution in [0.4, 0.5) is 5.13 Å². The van der Waals surface area contributed by atoms with E-state index in [2.05, 4.69) is 25.7 Å². The number of carboxylic acid groups (broad SMARTS) is 1. The van der Waals surface area contributed by atoms with Gasteiger partial charge in [-0.15, -0.1) is 10.2 Å². The Labute approximate surface area is 175 Å². The molecule has 1 unspecified atom stereocenters. The van der Waals surface area contributed by atoms with Gasteiger partial charge in [0.1, 0.15) is 11.6 Å². The highest BCUT2D eigenvalue weighted by Crippen LogP contribution is 2.28. The topological polar surface area (TPSA) is 170 Å². The monoisotopic (exact) mass is 442 g/mol. The van der Waals surface area contributed by atoms with Gasteiger partial charge in [-0.2, -0.15) is 4.98 Å². The second-order valence-electron chi connectivity index (χ2n) is 5.99. The molecule has 0 aromatic carbocycles. The lowest BCUT2D eigenvalue weighted by molar-refractivity contribution is -0.126. The Morgan fingerprint density at radius 3 is 2.87 bits per heavy atom. The maximum atomic E-state index is 12.4. The van der Waals surface area contributed by atoms with Gasteiger partial charge in [0, 0.05) is 33.6 Å². The number of ether oxygens (including phenoxy) is 2. The first kappa shape index (κ1) is 23.3. The van der Waals surface area contributed by atoms with Crippen molar-refractivity contribution in [2.45, 2.75) is 26.0 Å². The molecule has 1 saturated heterocycles. The van der Waals surface area contributed by atoms with E-state index < -0.39 is 5.92 Å². The molecule has 1 aliphatic rings. The smallest absolute Gasteiger partial charge is 0.290 e. The van der Waals surface area contributed by atoms with Crippen molar-refractivity contribution in [1.29, 1.82) is 0 Å². The Hall–Kier alpha value is -2.97. The molecule has 3 heterocycles. The second kappa shape index (κ2) is 11.9. The van der Waals surface area contributed by atoms with Gasteiger partial charge in [-0.05, 0) is 0 Å². The van der Waals surface area contributed by atoms with E-state index >= 15 is 0 Å². The lowest BCUT2D eigenvalue weighted by Crippen LogP contribution is -2.32. The van der Waals surface area contributed by atoms with Crippen LogP contribution in [0.1, 0.15) is 23.1 Å². The van der Waals surface area contributed by atoms with E-state index in [0.717, 1.165) is 0 Å². The van der Waals surface area contributed by atoms with Gasteiger partial charge in [0.2, 0.25) is 22.8 Å². The molecule has 0 spiro atoms. The molecule has 2 aromatic rings. The first-order chi connectivity index (χ1) is 14.5. The standard InChI is InChI=1S/C15H20N6O5S.CH2O2/c1-24-4-3-10-17-11(26-20-10)6-16-14(23)9-5-13(22)21(7-9)15-19-18-12(27-15)8-25-2;2-1-3/h9H,3-8H2,1-2H3,(H,16,23);1H,(H,2,3). The molecule has 1 atom stereocenters. The van der Waals surface area contributed by atoms with Crippen molar-refractivity contribution in [3.05, 3.63) is 16.7 Å². The summed E-state index contributed by atoms with van der Waals surface area (Å²) >= 11 is 1.27. The normalized spacial score (nSPS) is 15.6. The van der Waals surface area contributed by atoms with E-state index in [1.54, 1.807) is 14.2 Å². The Kier molecular flexibility index (Phi) is 9.24. The second-order valence-corrected chi connectivity index (χ2v) is 7.03. The third kappa shape index (κ3) is 6.53. The molecular weight excluding hydrogens is 420 g/mol. The van der Waals surface area contributed by atoms with Crippen LogP contribution >= 0.6 is 11.3 Å². The molecule has 0 bridgehead atoms. The molecule has 0 radical (unpaired) electrons. The minimum absolute atomic E-state index is 0.111. The van der Waals surface area contributed by atoms with Crippen LogP contribution in [0.25, 0.3) is 0 Å². The van der Waals surface area contributed by atoms with Crippen LogP contribution in [0.5, 0.6) is 0 Å². The van der Waals surface area contributed by atoms with Gasteiger partial charge in [-0.3, -0.25) is 19.3 Å². The number of nitrogens with one attached hydrogen (secondary N) is 1. The maximum absolute atomic E-state index is 12.4. The fourth-order valence-corrected chi connectivity index (χ4v) is 3.41. The van der Waals surface area contributed by atoms with Crippen molar-refractivity contribution < 1.29 is 33.5 Å². The summed E-state index contributed by atoms with van der Waals surface area (Å²) in [4.78, 5) is 38.6. The largest absolute Gasteiger partial charge is 0.483 e. The number of rotatable bonds is 9. The highest BCUT2D eigenvalue weighted by Gasteiger charge is 2.36. The number of hydrogen-bond donors (Lipinski definition) is 2. The van der Waals surface area contributed by atoms with Gasteiger partial charge in [-0.25, -0.2) is 0 Å². The van der Waals surface area contributed by atoms with Gasteiger partial charge >= 0.3 is 0 Å². The van der Waals surface area contributed by atoms with E-state index in [-0.39, 0.29) is 37.8 Å². The number of methoxy groups -OCH3 is 2. The summed E-state index contributed by atoms with van der Waals surface area (Å²) < 4.78 is 15.0. The molecule has 2 N–H and O–H groups in total. The molecule has 0 saturated carbocycles. The van der Waals surface area contributed by atoms with Crippen LogP contribution < -0.4 is 10.2 Å². The molecule has 0 aliphatic carbocycles. The molecule has 2 aromatic heterocycles. The number of carbonyl (C=O) groups is 3. The van der Waals surface area contributed by atoms with Crippen molar-refractivity contribution in [1.82, 2.24) is 25.7 Å². The average Bonchev–Trinajstić information content (AvgIpc) is 3.45. The number of amides is 2. The molecule has 1 aliphatic heterocycles. The average molecular weight is 442 g/mol. The van der Waals surface area contributed by atoms with E-state index in [0.29, 0.717) is 41.5 Å². The lowest BCUT2D eigenvalue weighted by Gasteiger charge is -2.12. The molecule has 2 amide bonds. The van der Waals surface area contributed by atoms with Crippen molar-refractivity contribution in [2.24, 2.45) is 5.92 Å². The minimum Gasteiger partial charge on any atom is -0.483 e. The lowest BCUT2D eigenvalue weighted by atomic mass is 10.1. The molecule has 30 heavy (non-hydrogen) atoms. The zero-order chi connectivity index (χ0) is 21.9. The van der Waals surface area contributed by atoms with Crippen LogP contribution in [-0.2, 0) is 43.4 Å². The molecule has 164 valence electrons. The fraction of sp³-hybridized carbons (Fsp3) is 0.562. The zero-order valence-corrected chi connectivity index (χ0v) is 17.3. The van der Waals surface area contributed by atoms with Gasteiger partial charge < -0.3 is 24.4 Å². The summed E-state index contributed by atoms with van der Waals surface area (Å²) in [7, 11) is 3.15. The van der Waals surface area contributed by atoms with Gasteiger partial charge in [0.05, 0.1) is 19.1 Å². The molecule has 13 nitrogen and oxygen atoms in total. The highest BCUT2D eigenvalue weighted by atomic mass is 32.1. The van der Waals surface area contributed by atoms with Crippen LogP contribution in [0, 0.1) is 5.92 Å². The predicted molar refractivity (Wildman–Crippen MR) is 101 cm³/mol. The first-order valence-corrected chi connectivity index (χ1v) is 9.61. The quantitative estimate of drug-likeness (QED) is 0.485. The summed E-state index contributed by atoms with van der Waals surface area (Å²) in [6.45, 7) is 0.943. The van der Waals surface area contributed by atoms with E-state index in [4.69, 9.17) is 23.9 Å². The Balaban J connectivity index is 0.00000101. The van der Waals surface area contributed by atoms with Crippen molar-refractivity contribution in [3.8, 4) is 0 Å². The third-order valence-corrected chi connectivity index (χ3v) is 4.82. The fourth-order valence-electron chi connectivity index (χ4n) is 2.57. The summed E-state index contributed by atoms with van der Waals surface area (Å²) in [5.41, 5.74) is 0. The van der Waals surface area contributed by atoms with E-state index in [1.165, 1.54) is 16.2 Å². The highest BCUT2D eigenvalue weighted by molar-refractivity contribution is 7.15. The predicted octanol–water partition coefficient (Wildman–Crippen LogP) is -0.373.